The zero-order valence-electron chi connectivity index (χ0n) is 8.00. The van der Waals surface area contributed by atoms with Gasteiger partial charge in [-0.3, -0.25) is 15.5 Å². The number of methoxy groups -OCH3 is 1. The quantitative estimate of drug-likeness (QED) is 0.627. The number of hydrogen-bond acceptors (Lipinski definition) is 4. The summed E-state index contributed by atoms with van der Waals surface area (Å²) < 4.78 is 5.00. The summed E-state index contributed by atoms with van der Waals surface area (Å²) >= 11 is 0. The van der Waals surface area contributed by atoms with E-state index >= 15 is 0 Å². The molecule has 0 fully saturated rings. The van der Waals surface area contributed by atoms with E-state index in [1.165, 1.54) is 13.2 Å². The van der Waals surface area contributed by atoms with Gasteiger partial charge in [0, 0.05) is 13.1 Å². The van der Waals surface area contributed by atoms with Crippen LogP contribution in [0.1, 0.15) is 10.4 Å². The number of carbonyl (C=O) groups is 1. The molecule has 1 aromatic rings. The average Bonchev–Trinajstić information content (AvgIpc) is 2.27. The van der Waals surface area contributed by atoms with E-state index < -0.39 is 0 Å². The molecule has 0 saturated heterocycles. The maximum absolute atomic E-state index is 11.3. The molecule has 5 nitrogen and oxygen atoms in total. The lowest BCUT2D eigenvalue weighted by Gasteiger charge is -2.08. The Labute approximate surface area is 81.6 Å². The molecule has 1 amide bonds. The van der Waals surface area contributed by atoms with Crippen molar-refractivity contribution in [1.82, 2.24) is 5.32 Å². The van der Waals surface area contributed by atoms with Crippen LogP contribution in [-0.4, -0.2) is 25.3 Å². The molecule has 1 aromatic carbocycles. The lowest BCUT2D eigenvalue weighted by molar-refractivity contribution is 0.0960. The summed E-state index contributed by atoms with van der Waals surface area (Å²) in [5.74, 6) is 0.176. The first-order chi connectivity index (χ1) is 6.72. The first kappa shape index (κ1) is 10.3. The van der Waals surface area contributed by atoms with Crippen LogP contribution >= 0.6 is 0 Å². The standard InChI is InChI=1S/C9H12N2O3/c1-10-9(12)7-4-3-6(11-13)5-8(7)14-2/h3-5,11,13H,1-2H3,(H,10,12). The van der Waals surface area contributed by atoms with Gasteiger partial charge in [0.2, 0.25) is 0 Å². The highest BCUT2D eigenvalue weighted by Gasteiger charge is 2.10. The zero-order valence-corrected chi connectivity index (χ0v) is 8.00. The van der Waals surface area contributed by atoms with Gasteiger partial charge in [-0.15, -0.1) is 0 Å². The minimum atomic E-state index is -0.230. The largest absolute Gasteiger partial charge is 0.496 e. The fourth-order valence-corrected chi connectivity index (χ4v) is 1.08. The van der Waals surface area contributed by atoms with Gasteiger partial charge in [0.25, 0.3) is 5.91 Å². The number of anilines is 1. The Kier molecular flexibility index (Phi) is 3.30. The Hall–Kier alpha value is -1.75. The number of amides is 1. The van der Waals surface area contributed by atoms with Gasteiger partial charge in [-0.25, -0.2) is 0 Å². The van der Waals surface area contributed by atoms with Crippen molar-refractivity contribution in [2.45, 2.75) is 0 Å². The highest BCUT2D eigenvalue weighted by Crippen LogP contribution is 2.22. The molecule has 76 valence electrons. The molecule has 3 N–H and O–H groups in total. The number of nitrogens with one attached hydrogen (secondary N) is 2. The molecule has 0 radical (unpaired) electrons. The van der Waals surface area contributed by atoms with Gasteiger partial charge in [0.05, 0.1) is 18.4 Å². The lowest BCUT2D eigenvalue weighted by Crippen LogP contribution is -2.18. The number of rotatable bonds is 3. The number of ether oxygens (including phenoxy) is 1. The molecule has 0 spiro atoms. The van der Waals surface area contributed by atoms with E-state index in [1.54, 1.807) is 19.2 Å². The predicted molar refractivity (Wildman–Crippen MR) is 51.8 cm³/mol. The molecule has 1 rings (SSSR count). The fourth-order valence-electron chi connectivity index (χ4n) is 1.08. The third kappa shape index (κ3) is 1.94. The summed E-state index contributed by atoms with van der Waals surface area (Å²) in [6.07, 6.45) is 0. The second-order valence-corrected chi connectivity index (χ2v) is 2.61. The Morgan fingerprint density at radius 1 is 1.50 bits per heavy atom. The first-order valence-electron chi connectivity index (χ1n) is 4.03. The Morgan fingerprint density at radius 3 is 2.71 bits per heavy atom. The summed E-state index contributed by atoms with van der Waals surface area (Å²) in [4.78, 5) is 11.3. The molecule has 0 aliphatic heterocycles. The van der Waals surface area contributed by atoms with E-state index in [0.29, 0.717) is 17.0 Å². The molecule has 5 heteroatoms. The molecule has 0 unspecified atom stereocenters. The first-order valence-corrected chi connectivity index (χ1v) is 4.03. The van der Waals surface area contributed by atoms with Gasteiger partial charge in [0.15, 0.2) is 0 Å². The maximum Gasteiger partial charge on any atom is 0.254 e. The summed E-state index contributed by atoms with van der Waals surface area (Å²) in [7, 11) is 3.00. The summed E-state index contributed by atoms with van der Waals surface area (Å²) in [6.45, 7) is 0. The van der Waals surface area contributed by atoms with Crippen LogP contribution in [0.25, 0.3) is 0 Å². The van der Waals surface area contributed by atoms with Crippen LogP contribution in [0.4, 0.5) is 5.69 Å². The third-order valence-corrected chi connectivity index (χ3v) is 1.80. The van der Waals surface area contributed by atoms with E-state index in [9.17, 15) is 4.79 Å². The summed E-state index contributed by atoms with van der Waals surface area (Å²) in [5.41, 5.74) is 2.87. The molecule has 0 heterocycles. The van der Waals surface area contributed by atoms with Crippen molar-refractivity contribution in [2.24, 2.45) is 0 Å². The van der Waals surface area contributed by atoms with Gasteiger partial charge < -0.3 is 10.1 Å². The van der Waals surface area contributed by atoms with E-state index in [2.05, 4.69) is 5.32 Å². The van der Waals surface area contributed by atoms with Gasteiger partial charge in [-0.1, -0.05) is 0 Å². The highest BCUT2D eigenvalue weighted by molar-refractivity contribution is 5.97. The van der Waals surface area contributed by atoms with Crippen LogP contribution in [0.15, 0.2) is 18.2 Å². The van der Waals surface area contributed by atoms with Crippen molar-refractivity contribution < 1.29 is 14.7 Å². The van der Waals surface area contributed by atoms with E-state index in [-0.39, 0.29) is 5.91 Å². The Balaban J connectivity index is 3.11. The normalized spacial score (nSPS) is 9.36. The SMILES string of the molecule is CNC(=O)c1ccc(NO)cc1OC. The molecular weight excluding hydrogens is 184 g/mol. The smallest absolute Gasteiger partial charge is 0.254 e. The van der Waals surface area contributed by atoms with Crippen molar-refractivity contribution in [3.05, 3.63) is 23.8 Å². The topological polar surface area (TPSA) is 70.6 Å². The Bertz CT molecular complexity index is 339. The lowest BCUT2D eigenvalue weighted by atomic mass is 10.1. The minimum absolute atomic E-state index is 0.230. The number of hydrogen-bond donors (Lipinski definition) is 3. The minimum Gasteiger partial charge on any atom is -0.496 e. The fraction of sp³-hybridized carbons (Fsp3) is 0.222. The van der Waals surface area contributed by atoms with Crippen LogP contribution in [-0.2, 0) is 0 Å². The number of benzene rings is 1. The second-order valence-electron chi connectivity index (χ2n) is 2.61. The van der Waals surface area contributed by atoms with E-state index in [1.807, 2.05) is 5.48 Å². The molecular formula is C9H12N2O3. The van der Waals surface area contributed by atoms with Gasteiger partial charge in [-0.05, 0) is 12.1 Å². The zero-order chi connectivity index (χ0) is 10.6. The van der Waals surface area contributed by atoms with E-state index in [4.69, 9.17) is 9.94 Å². The average molecular weight is 196 g/mol. The van der Waals surface area contributed by atoms with Gasteiger partial charge in [-0.2, -0.15) is 0 Å². The molecule has 0 saturated carbocycles. The molecule has 0 aliphatic carbocycles. The monoisotopic (exact) mass is 196 g/mol. The molecule has 0 atom stereocenters. The van der Waals surface area contributed by atoms with Crippen molar-refractivity contribution in [3.63, 3.8) is 0 Å². The molecule has 0 aliphatic rings. The van der Waals surface area contributed by atoms with E-state index in [0.717, 1.165) is 0 Å². The van der Waals surface area contributed by atoms with Gasteiger partial charge in [0.1, 0.15) is 5.75 Å². The summed E-state index contributed by atoms with van der Waals surface area (Å²) in [5, 5.41) is 11.1. The maximum atomic E-state index is 11.3. The van der Waals surface area contributed by atoms with Crippen molar-refractivity contribution in [2.75, 3.05) is 19.6 Å². The number of carbonyl (C=O) groups excluding carboxylic acids is 1. The highest BCUT2D eigenvalue weighted by atomic mass is 16.5. The molecule has 0 bridgehead atoms. The van der Waals surface area contributed by atoms with Crippen molar-refractivity contribution in [1.29, 1.82) is 0 Å². The van der Waals surface area contributed by atoms with Crippen molar-refractivity contribution >= 4 is 11.6 Å². The molecule has 14 heavy (non-hydrogen) atoms. The van der Waals surface area contributed by atoms with Crippen LogP contribution < -0.4 is 15.5 Å². The predicted octanol–water partition coefficient (Wildman–Crippen LogP) is 0.856. The van der Waals surface area contributed by atoms with Crippen LogP contribution in [0.5, 0.6) is 5.75 Å². The van der Waals surface area contributed by atoms with Crippen LogP contribution in [0, 0.1) is 0 Å². The molecule has 0 aromatic heterocycles. The Morgan fingerprint density at radius 2 is 2.21 bits per heavy atom. The van der Waals surface area contributed by atoms with Crippen LogP contribution in [0.3, 0.4) is 0 Å². The summed E-state index contributed by atoms with van der Waals surface area (Å²) in [6, 6.07) is 4.67. The van der Waals surface area contributed by atoms with Gasteiger partial charge >= 0.3 is 0 Å². The van der Waals surface area contributed by atoms with Crippen LogP contribution in [0.2, 0.25) is 0 Å². The third-order valence-electron chi connectivity index (χ3n) is 1.80. The van der Waals surface area contributed by atoms with Crippen molar-refractivity contribution in [3.8, 4) is 5.75 Å². The second kappa shape index (κ2) is 4.48.